The van der Waals surface area contributed by atoms with Crippen LogP contribution in [0.1, 0.15) is 45.6 Å². The van der Waals surface area contributed by atoms with E-state index in [0.717, 1.165) is 27.1 Å². The maximum atomic E-state index is 13.5. The molecule has 0 saturated heterocycles. The Morgan fingerprint density at radius 1 is 0.911 bits per heavy atom. The molecule has 1 aromatic heterocycles. The van der Waals surface area contributed by atoms with Gasteiger partial charge in [0.15, 0.2) is 0 Å². The number of para-hydroxylation sites is 1. The van der Waals surface area contributed by atoms with Crippen molar-refractivity contribution in [2.24, 2.45) is 7.05 Å². The number of fused-ring (bicyclic) bond motifs is 1. The van der Waals surface area contributed by atoms with E-state index in [1.807, 2.05) is 66.2 Å². The summed E-state index contributed by atoms with van der Waals surface area (Å²) in [6.07, 6.45) is -9.33. The smallest absolute Gasteiger partial charge is 0.416 e. The monoisotopic (exact) mass is 633 g/mol. The molecule has 1 unspecified atom stereocenters. The third kappa shape index (κ3) is 8.37. The SMILES string of the molecule is COc1ccc(CCNC(=O)CCC(Cc2cc3ccccc3n2C)N(C)C(=O)c2cc(C(F)(F)F)cc(C(F)(F)F)c2)cc1. The number of ether oxygens (including phenoxy) is 1. The number of amides is 2. The van der Waals surface area contributed by atoms with E-state index in [1.54, 1.807) is 7.11 Å². The van der Waals surface area contributed by atoms with Gasteiger partial charge < -0.3 is 19.5 Å². The van der Waals surface area contributed by atoms with Gasteiger partial charge >= 0.3 is 12.4 Å². The van der Waals surface area contributed by atoms with Crippen LogP contribution in [0.3, 0.4) is 0 Å². The van der Waals surface area contributed by atoms with Crippen LogP contribution in [0.2, 0.25) is 0 Å². The van der Waals surface area contributed by atoms with E-state index in [9.17, 15) is 35.9 Å². The molecule has 0 aliphatic carbocycles. The van der Waals surface area contributed by atoms with Gasteiger partial charge in [0.05, 0.1) is 18.2 Å². The highest BCUT2D eigenvalue weighted by Gasteiger charge is 2.38. The van der Waals surface area contributed by atoms with Gasteiger partial charge in [-0.05, 0) is 66.3 Å². The van der Waals surface area contributed by atoms with Gasteiger partial charge in [0.1, 0.15) is 5.75 Å². The zero-order valence-corrected chi connectivity index (χ0v) is 24.9. The lowest BCUT2D eigenvalue weighted by molar-refractivity contribution is -0.143. The molecule has 0 radical (unpaired) electrons. The van der Waals surface area contributed by atoms with E-state index in [0.29, 0.717) is 30.8 Å². The van der Waals surface area contributed by atoms with E-state index >= 15 is 0 Å². The number of carbonyl (C=O) groups is 2. The van der Waals surface area contributed by atoms with Gasteiger partial charge in [0.25, 0.3) is 5.91 Å². The molecular formula is C33H33F6N3O3. The van der Waals surface area contributed by atoms with E-state index in [4.69, 9.17) is 4.74 Å². The summed E-state index contributed by atoms with van der Waals surface area (Å²) >= 11 is 0. The third-order valence-electron chi connectivity index (χ3n) is 7.80. The first kappa shape index (κ1) is 33.4. The number of hydrogen-bond acceptors (Lipinski definition) is 3. The second kappa shape index (κ2) is 13.7. The number of aromatic nitrogens is 1. The van der Waals surface area contributed by atoms with Crippen LogP contribution in [0, 0.1) is 0 Å². The largest absolute Gasteiger partial charge is 0.497 e. The molecule has 4 aromatic rings. The summed E-state index contributed by atoms with van der Waals surface area (Å²) in [6.45, 7) is 0.345. The topological polar surface area (TPSA) is 63.6 Å². The van der Waals surface area contributed by atoms with Crippen molar-refractivity contribution in [3.05, 3.63) is 101 Å². The summed E-state index contributed by atoms with van der Waals surface area (Å²) in [5.74, 6) is -0.613. The van der Waals surface area contributed by atoms with Crippen LogP contribution in [-0.4, -0.2) is 48.0 Å². The molecule has 0 saturated carbocycles. The van der Waals surface area contributed by atoms with Crippen LogP contribution in [0.4, 0.5) is 26.3 Å². The zero-order chi connectivity index (χ0) is 32.9. The normalized spacial score (nSPS) is 12.6. The van der Waals surface area contributed by atoms with E-state index in [2.05, 4.69) is 5.32 Å². The highest BCUT2D eigenvalue weighted by atomic mass is 19.4. The number of benzene rings is 3. The predicted molar refractivity (Wildman–Crippen MR) is 158 cm³/mol. The minimum Gasteiger partial charge on any atom is -0.497 e. The number of halogens is 6. The fourth-order valence-electron chi connectivity index (χ4n) is 5.19. The number of carbonyl (C=O) groups excluding carboxylic acids is 2. The standard InChI is InChI=1S/C33H33F6N3O3/c1-41-27(18-22-6-4-5-7-29(22)41)20-26(10-13-30(43)40-15-14-21-8-11-28(45-3)12-9-21)42(2)31(44)23-16-24(32(34,35)36)19-25(17-23)33(37,38)39/h4-9,11-12,16-19,26H,10,13-15,20H2,1-3H3,(H,40,43). The van der Waals surface area contributed by atoms with Crippen molar-refractivity contribution < 1.29 is 40.7 Å². The Morgan fingerprint density at radius 2 is 1.53 bits per heavy atom. The molecule has 2 amide bonds. The van der Waals surface area contributed by atoms with Crippen molar-refractivity contribution in [1.82, 2.24) is 14.8 Å². The Balaban J connectivity index is 1.55. The third-order valence-corrected chi connectivity index (χ3v) is 7.80. The summed E-state index contributed by atoms with van der Waals surface area (Å²) in [6, 6.07) is 16.9. The first-order valence-corrected chi connectivity index (χ1v) is 14.2. The Hall–Kier alpha value is -4.48. The highest BCUT2D eigenvalue weighted by Crippen LogP contribution is 2.37. The van der Waals surface area contributed by atoms with E-state index < -0.39 is 41.0 Å². The average Bonchev–Trinajstić information content (AvgIpc) is 3.32. The fourth-order valence-corrected chi connectivity index (χ4v) is 5.19. The van der Waals surface area contributed by atoms with E-state index in [-0.39, 0.29) is 31.2 Å². The predicted octanol–water partition coefficient (Wildman–Crippen LogP) is 7.05. The number of nitrogens with one attached hydrogen (secondary N) is 1. The molecule has 240 valence electrons. The fraction of sp³-hybridized carbons (Fsp3) is 0.333. The van der Waals surface area contributed by atoms with Crippen LogP contribution in [0.15, 0.2) is 72.8 Å². The zero-order valence-electron chi connectivity index (χ0n) is 24.9. The number of aryl methyl sites for hydroxylation is 1. The lowest BCUT2D eigenvalue weighted by atomic mass is 10.0. The number of likely N-dealkylation sites (N-methyl/N-ethyl adjacent to an activating group) is 1. The number of hydrogen-bond donors (Lipinski definition) is 1. The first-order valence-electron chi connectivity index (χ1n) is 14.2. The van der Waals surface area contributed by atoms with Gasteiger partial charge in [-0.3, -0.25) is 9.59 Å². The molecule has 1 N–H and O–H groups in total. The number of rotatable bonds is 11. The first-order chi connectivity index (χ1) is 21.2. The van der Waals surface area contributed by atoms with Crippen molar-refractivity contribution in [3.8, 4) is 5.75 Å². The van der Waals surface area contributed by atoms with Crippen LogP contribution in [0.25, 0.3) is 10.9 Å². The lowest BCUT2D eigenvalue weighted by Gasteiger charge is -2.29. The van der Waals surface area contributed by atoms with Crippen molar-refractivity contribution in [1.29, 1.82) is 0 Å². The molecule has 12 heteroatoms. The number of methoxy groups -OCH3 is 1. The summed E-state index contributed by atoms with van der Waals surface area (Å²) in [7, 11) is 4.71. The second-order valence-corrected chi connectivity index (χ2v) is 10.8. The quantitative estimate of drug-likeness (QED) is 0.180. The molecule has 1 heterocycles. The molecule has 0 bridgehead atoms. The number of nitrogens with zero attached hydrogens (tertiary/aromatic N) is 2. The van der Waals surface area contributed by atoms with Gasteiger partial charge in [-0.15, -0.1) is 0 Å². The molecule has 45 heavy (non-hydrogen) atoms. The average molecular weight is 634 g/mol. The van der Waals surface area contributed by atoms with Gasteiger partial charge in [-0.2, -0.15) is 26.3 Å². The Kier molecular flexibility index (Phi) is 10.1. The van der Waals surface area contributed by atoms with Crippen molar-refractivity contribution in [2.75, 3.05) is 20.7 Å². The summed E-state index contributed by atoms with van der Waals surface area (Å²) in [5, 5.41) is 3.75. The molecule has 0 fully saturated rings. The van der Waals surface area contributed by atoms with Gasteiger partial charge in [0.2, 0.25) is 5.91 Å². The molecule has 0 aliphatic heterocycles. The molecule has 0 spiro atoms. The maximum absolute atomic E-state index is 13.5. The van der Waals surface area contributed by atoms with Gasteiger partial charge in [-0.25, -0.2) is 0 Å². The van der Waals surface area contributed by atoms with Crippen LogP contribution >= 0.6 is 0 Å². The minimum atomic E-state index is -5.10. The molecule has 6 nitrogen and oxygen atoms in total. The van der Waals surface area contributed by atoms with Crippen molar-refractivity contribution in [2.45, 2.75) is 44.1 Å². The Morgan fingerprint density at radius 3 is 2.11 bits per heavy atom. The molecule has 0 aliphatic rings. The van der Waals surface area contributed by atoms with Crippen LogP contribution in [0.5, 0.6) is 5.75 Å². The summed E-state index contributed by atoms with van der Waals surface area (Å²) in [4.78, 5) is 27.4. The maximum Gasteiger partial charge on any atom is 0.416 e. The molecule has 4 rings (SSSR count). The van der Waals surface area contributed by atoms with E-state index in [1.165, 1.54) is 7.05 Å². The van der Waals surface area contributed by atoms with Crippen LogP contribution in [-0.2, 0) is 37.0 Å². The molecular weight excluding hydrogens is 600 g/mol. The Labute approximate surface area is 256 Å². The van der Waals surface area contributed by atoms with Crippen LogP contribution < -0.4 is 10.1 Å². The van der Waals surface area contributed by atoms with Gasteiger partial charge in [-0.1, -0.05) is 30.3 Å². The van der Waals surface area contributed by atoms with Crippen molar-refractivity contribution in [3.63, 3.8) is 0 Å². The minimum absolute atomic E-state index is 0.0138. The Bertz CT molecular complexity index is 1610. The lowest BCUT2D eigenvalue weighted by Crippen LogP contribution is -2.40. The summed E-state index contributed by atoms with van der Waals surface area (Å²) < 4.78 is 88.1. The molecule has 1 atom stereocenters. The number of alkyl halides is 6. The molecule has 3 aromatic carbocycles. The summed E-state index contributed by atoms with van der Waals surface area (Å²) in [5.41, 5.74) is -1.23. The second-order valence-electron chi connectivity index (χ2n) is 10.8. The highest BCUT2D eigenvalue weighted by molar-refractivity contribution is 5.95. The van der Waals surface area contributed by atoms with Crippen molar-refractivity contribution >= 4 is 22.7 Å². The van der Waals surface area contributed by atoms with Gasteiger partial charge in [0, 0.05) is 56.3 Å².